The van der Waals surface area contributed by atoms with Gasteiger partial charge in [-0.15, -0.1) is 0 Å². The highest BCUT2D eigenvalue weighted by molar-refractivity contribution is 5.55. The van der Waals surface area contributed by atoms with E-state index < -0.39 is 17.7 Å². The van der Waals surface area contributed by atoms with Gasteiger partial charge in [0.25, 0.3) is 0 Å². The topological polar surface area (TPSA) is 74.3 Å². The van der Waals surface area contributed by atoms with E-state index in [4.69, 9.17) is 4.74 Å². The first-order valence-corrected chi connectivity index (χ1v) is 10.0. The molecule has 0 saturated heterocycles. The quantitative estimate of drug-likeness (QED) is 0.717. The van der Waals surface area contributed by atoms with Crippen LogP contribution in [0.1, 0.15) is 42.4 Å². The zero-order valence-corrected chi connectivity index (χ0v) is 17.7. The van der Waals surface area contributed by atoms with Gasteiger partial charge in [0.05, 0.1) is 35.6 Å². The van der Waals surface area contributed by atoms with Crippen molar-refractivity contribution < 1.29 is 9.84 Å². The summed E-state index contributed by atoms with van der Waals surface area (Å²) in [5.74, 6) is 0.691. The van der Waals surface area contributed by atoms with Crippen LogP contribution in [-0.4, -0.2) is 26.6 Å². The molecule has 6 nitrogen and oxygen atoms in total. The number of nitriles is 1. The minimum absolute atomic E-state index is 0.394. The first kappa shape index (κ1) is 20.0. The first-order chi connectivity index (χ1) is 14.3. The molecule has 0 radical (unpaired) electrons. The summed E-state index contributed by atoms with van der Waals surface area (Å²) in [6.45, 7) is 6.30. The van der Waals surface area contributed by atoms with Crippen molar-refractivity contribution in [1.29, 1.82) is 5.26 Å². The lowest BCUT2D eigenvalue weighted by atomic mass is 9.84. The summed E-state index contributed by atoms with van der Waals surface area (Å²) in [7, 11) is 1.93. The lowest BCUT2D eigenvalue weighted by Gasteiger charge is -2.47. The Morgan fingerprint density at radius 2 is 1.93 bits per heavy atom. The van der Waals surface area contributed by atoms with Gasteiger partial charge in [-0.05, 0) is 57.2 Å². The van der Waals surface area contributed by atoms with Gasteiger partial charge < -0.3 is 14.7 Å². The van der Waals surface area contributed by atoms with E-state index in [9.17, 15) is 10.4 Å². The van der Waals surface area contributed by atoms with Crippen LogP contribution < -0.4 is 9.64 Å². The monoisotopic (exact) mass is 402 g/mol. The average molecular weight is 402 g/mol. The van der Waals surface area contributed by atoms with Gasteiger partial charge in [0.1, 0.15) is 17.5 Å². The Morgan fingerprint density at radius 1 is 1.20 bits per heavy atom. The molecule has 6 heteroatoms. The molecule has 2 aromatic carbocycles. The Kier molecular flexibility index (Phi) is 5.00. The third kappa shape index (κ3) is 3.53. The van der Waals surface area contributed by atoms with Crippen molar-refractivity contribution in [3.05, 3.63) is 77.1 Å². The van der Waals surface area contributed by atoms with Gasteiger partial charge in [-0.3, -0.25) is 4.68 Å². The summed E-state index contributed by atoms with van der Waals surface area (Å²) in [5, 5.41) is 25.3. The maximum atomic E-state index is 11.4. The number of aliphatic hydroxyl groups excluding tert-OH is 1. The predicted octanol–water partition coefficient (Wildman–Crippen LogP) is 3.88. The van der Waals surface area contributed by atoms with E-state index in [0.29, 0.717) is 17.9 Å². The van der Waals surface area contributed by atoms with Gasteiger partial charge in [0.15, 0.2) is 0 Å². The number of benzene rings is 2. The van der Waals surface area contributed by atoms with Crippen LogP contribution >= 0.6 is 0 Å². The molecule has 0 saturated carbocycles. The van der Waals surface area contributed by atoms with Crippen LogP contribution in [0.3, 0.4) is 0 Å². The number of rotatable bonds is 4. The van der Waals surface area contributed by atoms with Crippen LogP contribution in [0, 0.1) is 18.3 Å². The number of para-hydroxylation sites is 1. The summed E-state index contributed by atoms with van der Waals surface area (Å²) in [6, 6.07) is 19.3. The van der Waals surface area contributed by atoms with Gasteiger partial charge in [0.2, 0.25) is 0 Å². The van der Waals surface area contributed by atoms with Crippen LogP contribution in [-0.2, 0) is 13.6 Å². The van der Waals surface area contributed by atoms with E-state index in [2.05, 4.69) is 22.1 Å². The second-order valence-electron chi connectivity index (χ2n) is 8.32. The normalized spacial score (nSPS) is 19.5. The molecule has 0 amide bonds. The Morgan fingerprint density at radius 3 is 2.57 bits per heavy atom. The van der Waals surface area contributed by atoms with Crippen LogP contribution in [0.4, 0.5) is 5.69 Å². The van der Waals surface area contributed by atoms with Crippen LogP contribution in [0.2, 0.25) is 0 Å². The molecule has 0 fully saturated rings. The molecule has 154 valence electrons. The third-order valence-corrected chi connectivity index (χ3v) is 5.70. The summed E-state index contributed by atoms with van der Waals surface area (Å²) >= 11 is 0. The van der Waals surface area contributed by atoms with E-state index in [1.807, 2.05) is 75.0 Å². The van der Waals surface area contributed by atoms with Crippen molar-refractivity contribution in [3.63, 3.8) is 0 Å². The maximum Gasteiger partial charge on any atom is 0.132 e. The average Bonchev–Trinajstić information content (AvgIpc) is 3.04. The number of nitrogens with zero attached hydrogens (tertiary/aromatic N) is 4. The Bertz CT molecular complexity index is 1100. The fourth-order valence-electron chi connectivity index (χ4n) is 4.13. The summed E-state index contributed by atoms with van der Waals surface area (Å²) in [4.78, 5) is 2.17. The molecule has 4 rings (SSSR count). The molecule has 0 unspecified atom stereocenters. The molecule has 0 spiro atoms. The predicted molar refractivity (Wildman–Crippen MR) is 115 cm³/mol. The molecule has 2 heterocycles. The van der Waals surface area contributed by atoms with Crippen molar-refractivity contribution in [2.75, 3.05) is 4.90 Å². The zero-order chi connectivity index (χ0) is 21.5. The SMILES string of the molecule is Cc1cc(CN(c2ccccc2)[C@H]2c3cc(C#N)ccc3OC(C)(C)[C@@H]2O)n(C)n1. The van der Waals surface area contributed by atoms with Gasteiger partial charge in [-0.25, -0.2) is 0 Å². The fraction of sp³-hybridized carbons (Fsp3) is 0.333. The molecule has 2 atom stereocenters. The number of aromatic nitrogens is 2. The number of hydrogen-bond donors (Lipinski definition) is 1. The van der Waals surface area contributed by atoms with Gasteiger partial charge in [0, 0.05) is 18.3 Å². The molecule has 0 bridgehead atoms. The largest absolute Gasteiger partial charge is 0.485 e. The highest BCUT2D eigenvalue weighted by Crippen LogP contribution is 2.45. The number of fused-ring (bicyclic) bond motifs is 1. The lowest BCUT2D eigenvalue weighted by Crippen LogP contribution is -2.53. The summed E-state index contributed by atoms with van der Waals surface area (Å²) < 4.78 is 7.99. The molecule has 30 heavy (non-hydrogen) atoms. The van der Waals surface area contributed by atoms with Crippen LogP contribution in [0.25, 0.3) is 0 Å². The van der Waals surface area contributed by atoms with Crippen molar-refractivity contribution in [2.45, 2.75) is 45.1 Å². The molecule has 3 aromatic rings. The van der Waals surface area contributed by atoms with Crippen molar-refractivity contribution >= 4 is 5.69 Å². The first-order valence-electron chi connectivity index (χ1n) is 10.0. The highest BCUT2D eigenvalue weighted by Gasteiger charge is 2.45. The Labute approximate surface area is 176 Å². The number of aryl methyl sites for hydroxylation is 2. The van der Waals surface area contributed by atoms with Crippen LogP contribution in [0.15, 0.2) is 54.6 Å². The smallest absolute Gasteiger partial charge is 0.132 e. The summed E-state index contributed by atoms with van der Waals surface area (Å²) in [5.41, 5.74) is 3.52. The number of ether oxygens (including phenoxy) is 1. The van der Waals surface area contributed by atoms with Crippen molar-refractivity contribution in [3.8, 4) is 11.8 Å². The Balaban J connectivity index is 1.89. The lowest BCUT2D eigenvalue weighted by molar-refractivity contribution is -0.0590. The molecule has 1 aromatic heterocycles. The maximum absolute atomic E-state index is 11.4. The molecular weight excluding hydrogens is 376 g/mol. The van der Waals surface area contributed by atoms with E-state index in [0.717, 1.165) is 22.6 Å². The minimum atomic E-state index is -0.812. The number of anilines is 1. The van der Waals surface area contributed by atoms with E-state index >= 15 is 0 Å². The molecule has 1 aliphatic rings. The van der Waals surface area contributed by atoms with Gasteiger partial charge in [-0.2, -0.15) is 10.4 Å². The second-order valence-corrected chi connectivity index (χ2v) is 8.32. The molecular formula is C24H26N4O2. The number of aliphatic hydroxyl groups is 1. The standard InChI is InChI=1S/C24H26N4O2/c1-16-12-19(27(4)26-16)15-28(18-8-6-5-7-9-18)22-20-13-17(14-25)10-11-21(20)30-24(2,3)23(22)29/h5-13,22-23,29H,15H2,1-4H3/t22-,23+/m0/s1. The van der Waals surface area contributed by atoms with Gasteiger partial charge in [-0.1, -0.05) is 18.2 Å². The van der Waals surface area contributed by atoms with Crippen LogP contribution in [0.5, 0.6) is 5.75 Å². The fourth-order valence-corrected chi connectivity index (χ4v) is 4.13. The zero-order valence-electron chi connectivity index (χ0n) is 17.7. The van der Waals surface area contributed by atoms with E-state index in [1.54, 1.807) is 6.07 Å². The third-order valence-electron chi connectivity index (χ3n) is 5.70. The van der Waals surface area contributed by atoms with Gasteiger partial charge >= 0.3 is 0 Å². The molecule has 1 aliphatic heterocycles. The summed E-state index contributed by atoms with van der Waals surface area (Å²) in [6.07, 6.45) is -0.812. The van der Waals surface area contributed by atoms with E-state index in [1.165, 1.54) is 0 Å². The van der Waals surface area contributed by atoms with E-state index in [-0.39, 0.29) is 0 Å². The molecule has 1 N–H and O–H groups in total. The van der Waals surface area contributed by atoms with Crippen molar-refractivity contribution in [1.82, 2.24) is 9.78 Å². The highest BCUT2D eigenvalue weighted by atomic mass is 16.5. The second kappa shape index (κ2) is 7.51. The Hall–Kier alpha value is -3.30. The molecule has 0 aliphatic carbocycles. The van der Waals surface area contributed by atoms with Crippen molar-refractivity contribution in [2.24, 2.45) is 7.05 Å². The number of hydrogen-bond acceptors (Lipinski definition) is 5. The minimum Gasteiger partial charge on any atom is -0.485 e.